The Balaban J connectivity index is 1.66. The molecular weight excluding hydrogens is 244 g/mol. The highest BCUT2D eigenvalue weighted by atomic mass is 32.1. The first-order valence-electron chi connectivity index (χ1n) is 6.31. The van der Waals surface area contributed by atoms with Crippen molar-refractivity contribution in [3.05, 3.63) is 29.4 Å². The van der Waals surface area contributed by atoms with Crippen LogP contribution in [0.3, 0.4) is 0 Å². The summed E-state index contributed by atoms with van der Waals surface area (Å²) in [6.45, 7) is 3.32. The molecule has 5 heteroatoms. The average Bonchev–Trinajstić information content (AvgIpc) is 2.98. The molecular formula is C13H18N4S. The number of nitrogens with one attached hydrogen (secondary N) is 2. The SMILES string of the molecule is CN1CCNC(Cc2csc(-c3ccc[nH]3)n2)C1. The first-order chi connectivity index (χ1) is 8.81. The topological polar surface area (TPSA) is 44.0 Å². The van der Waals surface area contributed by atoms with Gasteiger partial charge in [0.25, 0.3) is 0 Å². The molecule has 0 spiro atoms. The molecule has 0 aliphatic carbocycles. The largest absolute Gasteiger partial charge is 0.359 e. The molecule has 0 bridgehead atoms. The van der Waals surface area contributed by atoms with Crippen LogP contribution in [0, 0.1) is 0 Å². The molecule has 2 aromatic rings. The minimum atomic E-state index is 0.530. The van der Waals surface area contributed by atoms with E-state index >= 15 is 0 Å². The van der Waals surface area contributed by atoms with Crippen LogP contribution < -0.4 is 5.32 Å². The van der Waals surface area contributed by atoms with Crippen molar-refractivity contribution < 1.29 is 0 Å². The second-order valence-electron chi connectivity index (χ2n) is 4.85. The zero-order valence-electron chi connectivity index (χ0n) is 10.5. The van der Waals surface area contributed by atoms with Crippen molar-refractivity contribution in [3.63, 3.8) is 0 Å². The summed E-state index contributed by atoms with van der Waals surface area (Å²) < 4.78 is 0. The lowest BCUT2D eigenvalue weighted by Gasteiger charge is -2.30. The van der Waals surface area contributed by atoms with Crippen molar-refractivity contribution in [3.8, 4) is 10.7 Å². The molecule has 2 N–H and O–H groups in total. The van der Waals surface area contributed by atoms with E-state index < -0.39 is 0 Å². The minimum Gasteiger partial charge on any atom is -0.359 e. The van der Waals surface area contributed by atoms with Crippen molar-refractivity contribution >= 4 is 11.3 Å². The Morgan fingerprint density at radius 1 is 1.56 bits per heavy atom. The van der Waals surface area contributed by atoms with E-state index in [2.05, 4.69) is 33.7 Å². The van der Waals surface area contributed by atoms with E-state index in [1.807, 2.05) is 12.3 Å². The van der Waals surface area contributed by atoms with E-state index in [-0.39, 0.29) is 0 Å². The molecule has 3 heterocycles. The molecule has 18 heavy (non-hydrogen) atoms. The number of aromatic amines is 1. The lowest BCUT2D eigenvalue weighted by molar-refractivity contribution is 0.237. The van der Waals surface area contributed by atoms with Crippen molar-refractivity contribution in [2.24, 2.45) is 0 Å². The van der Waals surface area contributed by atoms with Gasteiger partial charge in [0.15, 0.2) is 0 Å². The van der Waals surface area contributed by atoms with Gasteiger partial charge in [-0.15, -0.1) is 11.3 Å². The molecule has 0 saturated carbocycles. The lowest BCUT2D eigenvalue weighted by Crippen LogP contribution is -2.49. The molecule has 96 valence electrons. The molecule has 1 aliphatic rings. The van der Waals surface area contributed by atoms with Gasteiger partial charge in [-0.2, -0.15) is 0 Å². The Morgan fingerprint density at radius 2 is 2.50 bits per heavy atom. The van der Waals surface area contributed by atoms with Gasteiger partial charge in [0.05, 0.1) is 11.4 Å². The summed E-state index contributed by atoms with van der Waals surface area (Å²) in [4.78, 5) is 10.3. The molecule has 0 radical (unpaired) electrons. The molecule has 1 atom stereocenters. The molecule has 0 aromatic carbocycles. The first kappa shape index (κ1) is 11.9. The van der Waals surface area contributed by atoms with Crippen LogP contribution in [-0.4, -0.2) is 47.6 Å². The number of aromatic nitrogens is 2. The van der Waals surface area contributed by atoms with Crippen LogP contribution in [0.1, 0.15) is 5.69 Å². The van der Waals surface area contributed by atoms with Gasteiger partial charge < -0.3 is 15.2 Å². The highest BCUT2D eigenvalue weighted by molar-refractivity contribution is 7.13. The Hall–Kier alpha value is -1.17. The Bertz CT molecular complexity index is 491. The van der Waals surface area contributed by atoms with Crippen molar-refractivity contribution in [1.82, 2.24) is 20.2 Å². The maximum Gasteiger partial charge on any atom is 0.139 e. The van der Waals surface area contributed by atoms with Crippen LogP contribution in [-0.2, 0) is 6.42 Å². The molecule has 1 aliphatic heterocycles. The maximum absolute atomic E-state index is 4.70. The van der Waals surface area contributed by atoms with Gasteiger partial charge in [0, 0.05) is 43.7 Å². The van der Waals surface area contributed by atoms with E-state index in [1.54, 1.807) is 11.3 Å². The Morgan fingerprint density at radius 3 is 3.28 bits per heavy atom. The van der Waals surface area contributed by atoms with Gasteiger partial charge >= 0.3 is 0 Å². The summed E-state index contributed by atoms with van der Waals surface area (Å²) in [5, 5.41) is 6.81. The highest BCUT2D eigenvalue weighted by Crippen LogP contribution is 2.22. The number of hydrogen-bond donors (Lipinski definition) is 2. The van der Waals surface area contributed by atoms with Crippen molar-refractivity contribution in [2.45, 2.75) is 12.5 Å². The first-order valence-corrected chi connectivity index (χ1v) is 7.19. The zero-order valence-corrected chi connectivity index (χ0v) is 11.3. The number of thiazole rings is 1. The quantitative estimate of drug-likeness (QED) is 0.883. The van der Waals surface area contributed by atoms with Gasteiger partial charge in [-0.05, 0) is 19.2 Å². The zero-order chi connectivity index (χ0) is 12.4. The smallest absolute Gasteiger partial charge is 0.139 e. The van der Waals surface area contributed by atoms with Crippen LogP contribution in [0.2, 0.25) is 0 Å². The van der Waals surface area contributed by atoms with Crippen LogP contribution in [0.5, 0.6) is 0 Å². The van der Waals surface area contributed by atoms with E-state index in [0.717, 1.165) is 36.8 Å². The van der Waals surface area contributed by atoms with E-state index in [1.165, 1.54) is 5.69 Å². The summed E-state index contributed by atoms with van der Waals surface area (Å²) in [5.74, 6) is 0. The third kappa shape index (κ3) is 2.63. The molecule has 1 unspecified atom stereocenters. The number of H-pyrrole nitrogens is 1. The summed E-state index contributed by atoms with van der Waals surface area (Å²) >= 11 is 1.71. The predicted molar refractivity (Wildman–Crippen MR) is 74.9 cm³/mol. The molecule has 1 fully saturated rings. The average molecular weight is 262 g/mol. The summed E-state index contributed by atoms with van der Waals surface area (Å²) in [7, 11) is 2.18. The fourth-order valence-corrected chi connectivity index (χ4v) is 3.19. The van der Waals surface area contributed by atoms with Crippen LogP contribution in [0.4, 0.5) is 0 Å². The number of piperazine rings is 1. The maximum atomic E-state index is 4.70. The monoisotopic (exact) mass is 262 g/mol. The fraction of sp³-hybridized carbons (Fsp3) is 0.462. The molecule has 3 rings (SSSR count). The Kier molecular flexibility index (Phi) is 3.45. The number of nitrogens with zero attached hydrogens (tertiary/aromatic N) is 2. The predicted octanol–water partition coefficient (Wildman–Crippen LogP) is 1.58. The highest BCUT2D eigenvalue weighted by Gasteiger charge is 2.18. The number of hydrogen-bond acceptors (Lipinski definition) is 4. The lowest BCUT2D eigenvalue weighted by atomic mass is 10.1. The summed E-state index contributed by atoms with van der Waals surface area (Å²) in [6, 6.07) is 4.60. The van der Waals surface area contributed by atoms with Crippen molar-refractivity contribution in [1.29, 1.82) is 0 Å². The standard InChI is InChI=1S/C13H18N4S/c1-17-6-5-14-10(8-17)7-11-9-18-13(16-11)12-3-2-4-15-12/h2-4,9-10,14-15H,5-8H2,1H3. The van der Waals surface area contributed by atoms with Crippen molar-refractivity contribution in [2.75, 3.05) is 26.7 Å². The van der Waals surface area contributed by atoms with Crippen LogP contribution in [0.25, 0.3) is 10.7 Å². The van der Waals surface area contributed by atoms with Gasteiger partial charge in [-0.3, -0.25) is 0 Å². The summed E-state index contributed by atoms with van der Waals surface area (Å²) in [6.07, 6.45) is 2.95. The molecule has 0 amide bonds. The Labute approximate surface area is 111 Å². The van der Waals surface area contributed by atoms with E-state index in [4.69, 9.17) is 4.98 Å². The normalized spacial score (nSPS) is 21.3. The van der Waals surface area contributed by atoms with E-state index in [9.17, 15) is 0 Å². The third-order valence-corrected chi connectivity index (χ3v) is 4.22. The van der Waals surface area contributed by atoms with Gasteiger partial charge in [0.1, 0.15) is 5.01 Å². The number of likely N-dealkylation sites (N-methyl/N-ethyl adjacent to an activating group) is 1. The molecule has 1 saturated heterocycles. The third-order valence-electron chi connectivity index (χ3n) is 3.29. The van der Waals surface area contributed by atoms with E-state index in [0.29, 0.717) is 6.04 Å². The minimum absolute atomic E-state index is 0.530. The van der Waals surface area contributed by atoms with Gasteiger partial charge in [-0.25, -0.2) is 4.98 Å². The second-order valence-corrected chi connectivity index (χ2v) is 5.70. The molecule has 4 nitrogen and oxygen atoms in total. The van der Waals surface area contributed by atoms with Crippen LogP contribution >= 0.6 is 11.3 Å². The fourth-order valence-electron chi connectivity index (χ4n) is 2.37. The summed E-state index contributed by atoms with van der Waals surface area (Å²) in [5.41, 5.74) is 2.30. The van der Waals surface area contributed by atoms with Gasteiger partial charge in [-0.1, -0.05) is 0 Å². The number of rotatable bonds is 3. The molecule has 2 aromatic heterocycles. The van der Waals surface area contributed by atoms with Crippen LogP contribution in [0.15, 0.2) is 23.7 Å². The second kappa shape index (κ2) is 5.22. The van der Waals surface area contributed by atoms with Gasteiger partial charge in [0.2, 0.25) is 0 Å².